The molecule has 1 aliphatic rings. The highest BCUT2D eigenvalue weighted by Crippen LogP contribution is 2.32. The maximum Gasteiger partial charge on any atom is 0.338 e. The van der Waals surface area contributed by atoms with Gasteiger partial charge in [-0.1, -0.05) is 23.4 Å². The minimum absolute atomic E-state index is 0.0190. The minimum Gasteiger partial charge on any atom is -0.485 e. The summed E-state index contributed by atoms with van der Waals surface area (Å²) in [5.41, 5.74) is 2.33. The number of esters is 1. The monoisotopic (exact) mass is 421 g/mol. The zero-order chi connectivity index (χ0) is 22.0. The highest BCUT2D eigenvalue weighted by Gasteiger charge is 2.34. The Hall–Kier alpha value is -3.68. The van der Waals surface area contributed by atoms with Gasteiger partial charge in [-0.15, -0.1) is 0 Å². The molecule has 8 heteroatoms. The van der Waals surface area contributed by atoms with E-state index in [9.17, 15) is 9.59 Å². The first-order valence-corrected chi connectivity index (χ1v) is 10.1. The summed E-state index contributed by atoms with van der Waals surface area (Å²) < 4.78 is 15.9. The lowest BCUT2D eigenvalue weighted by Gasteiger charge is -2.26. The molecule has 1 aliphatic heterocycles. The van der Waals surface area contributed by atoms with E-state index in [0.29, 0.717) is 23.0 Å². The van der Waals surface area contributed by atoms with Gasteiger partial charge in [-0.3, -0.25) is 4.79 Å². The van der Waals surface area contributed by atoms with Crippen LogP contribution in [-0.4, -0.2) is 34.2 Å². The van der Waals surface area contributed by atoms with E-state index in [1.54, 1.807) is 43.0 Å². The van der Waals surface area contributed by atoms with Crippen LogP contribution in [0.3, 0.4) is 0 Å². The number of anilines is 1. The number of carbonyl (C=O) groups excluding carboxylic acids is 2. The summed E-state index contributed by atoms with van der Waals surface area (Å²) in [5.74, 6) is 0.645. The molecule has 3 aromatic rings. The molecule has 2 atom stereocenters. The number of benzene rings is 2. The molecule has 0 saturated carbocycles. The van der Waals surface area contributed by atoms with Crippen molar-refractivity contribution < 1.29 is 23.6 Å². The summed E-state index contributed by atoms with van der Waals surface area (Å²) in [6, 6.07) is 14.3. The van der Waals surface area contributed by atoms with Crippen LogP contribution in [0, 0.1) is 6.92 Å². The quantitative estimate of drug-likeness (QED) is 0.562. The molecule has 160 valence electrons. The smallest absolute Gasteiger partial charge is 0.338 e. The van der Waals surface area contributed by atoms with Crippen LogP contribution in [0.15, 0.2) is 53.1 Å². The number of para-hydroxylation sites is 1. The van der Waals surface area contributed by atoms with Gasteiger partial charge in [0.1, 0.15) is 5.75 Å². The Bertz CT molecular complexity index is 1090. The van der Waals surface area contributed by atoms with Crippen LogP contribution in [0.5, 0.6) is 5.75 Å². The van der Waals surface area contributed by atoms with Gasteiger partial charge >= 0.3 is 5.97 Å². The summed E-state index contributed by atoms with van der Waals surface area (Å²) in [5, 5.41) is 3.76. The molecule has 0 radical (unpaired) electrons. The van der Waals surface area contributed by atoms with Crippen molar-refractivity contribution in [3.8, 4) is 5.75 Å². The fraction of sp³-hybridized carbons (Fsp3) is 0.304. The third kappa shape index (κ3) is 4.42. The van der Waals surface area contributed by atoms with E-state index in [1.807, 2.05) is 31.2 Å². The van der Waals surface area contributed by atoms with E-state index in [-0.39, 0.29) is 18.6 Å². The number of rotatable bonds is 6. The Morgan fingerprint density at radius 1 is 1.19 bits per heavy atom. The maximum absolute atomic E-state index is 13.0. The molecule has 8 nitrogen and oxygen atoms in total. The van der Waals surface area contributed by atoms with Crippen molar-refractivity contribution in [3.63, 3.8) is 0 Å². The van der Waals surface area contributed by atoms with Gasteiger partial charge in [0, 0.05) is 18.7 Å². The molecule has 1 aromatic heterocycles. The van der Waals surface area contributed by atoms with Gasteiger partial charge < -0.3 is 18.9 Å². The van der Waals surface area contributed by atoms with Gasteiger partial charge in [-0.05, 0) is 56.2 Å². The van der Waals surface area contributed by atoms with Crippen molar-refractivity contribution in [2.45, 2.75) is 45.9 Å². The highest BCUT2D eigenvalue weighted by atomic mass is 16.5. The van der Waals surface area contributed by atoms with Crippen LogP contribution < -0.4 is 9.64 Å². The van der Waals surface area contributed by atoms with E-state index in [2.05, 4.69) is 10.1 Å². The minimum atomic E-state index is -0.904. The highest BCUT2D eigenvalue weighted by molar-refractivity contribution is 6.00. The number of carbonyl (C=O) groups is 2. The van der Waals surface area contributed by atoms with Crippen molar-refractivity contribution in [1.29, 1.82) is 0 Å². The summed E-state index contributed by atoms with van der Waals surface area (Å²) in [7, 11) is 0. The predicted molar refractivity (Wildman–Crippen MR) is 112 cm³/mol. The Balaban J connectivity index is 1.36. The van der Waals surface area contributed by atoms with E-state index < -0.39 is 12.1 Å². The van der Waals surface area contributed by atoms with Crippen molar-refractivity contribution in [2.75, 3.05) is 4.90 Å². The van der Waals surface area contributed by atoms with E-state index in [4.69, 9.17) is 14.0 Å². The largest absolute Gasteiger partial charge is 0.485 e. The standard InChI is InChI=1S/C23H23N3O5/c1-14-12-18-6-4-5-7-20(18)26(14)22(27)15(2)30-23(28)17-8-10-19(11-9-17)29-13-21-24-16(3)31-25-21/h4-11,14-15H,12-13H2,1-3H3/t14-,15+/m1/s1. The number of hydrogen-bond acceptors (Lipinski definition) is 7. The van der Waals surface area contributed by atoms with E-state index in [0.717, 1.165) is 17.7 Å². The fourth-order valence-electron chi connectivity index (χ4n) is 3.61. The summed E-state index contributed by atoms with van der Waals surface area (Å²) in [4.78, 5) is 31.3. The SMILES string of the molecule is Cc1nc(COc2ccc(C(=O)O[C@@H](C)C(=O)N3c4ccccc4C[C@H]3C)cc2)no1. The predicted octanol–water partition coefficient (Wildman–Crippen LogP) is 3.48. The molecule has 2 aromatic carbocycles. The summed E-state index contributed by atoms with van der Waals surface area (Å²) in [6.07, 6.45) is -0.119. The van der Waals surface area contributed by atoms with Crippen molar-refractivity contribution in [3.05, 3.63) is 71.4 Å². The van der Waals surface area contributed by atoms with E-state index in [1.165, 1.54) is 0 Å². The normalized spacial score (nSPS) is 16.0. The van der Waals surface area contributed by atoms with Crippen LogP contribution in [0.1, 0.15) is 41.5 Å². The van der Waals surface area contributed by atoms with Crippen LogP contribution in [0.25, 0.3) is 0 Å². The molecular weight excluding hydrogens is 398 g/mol. The zero-order valence-electron chi connectivity index (χ0n) is 17.6. The van der Waals surface area contributed by atoms with Crippen LogP contribution in [-0.2, 0) is 22.6 Å². The van der Waals surface area contributed by atoms with Crippen LogP contribution in [0.4, 0.5) is 5.69 Å². The first-order valence-electron chi connectivity index (χ1n) is 10.1. The lowest BCUT2D eigenvalue weighted by Crippen LogP contribution is -2.43. The van der Waals surface area contributed by atoms with Gasteiger partial charge in [0.25, 0.3) is 5.91 Å². The summed E-state index contributed by atoms with van der Waals surface area (Å²) >= 11 is 0. The molecule has 0 unspecified atom stereocenters. The topological polar surface area (TPSA) is 94.8 Å². The van der Waals surface area contributed by atoms with Gasteiger partial charge in [0.2, 0.25) is 11.7 Å². The number of fused-ring (bicyclic) bond motifs is 1. The lowest BCUT2D eigenvalue weighted by molar-refractivity contribution is -0.126. The average Bonchev–Trinajstić information content (AvgIpc) is 3.33. The Morgan fingerprint density at radius 2 is 1.94 bits per heavy atom. The Labute approximate surface area is 179 Å². The molecule has 0 bridgehead atoms. The molecule has 0 saturated heterocycles. The number of amides is 1. The van der Waals surface area contributed by atoms with Crippen molar-refractivity contribution in [1.82, 2.24) is 10.1 Å². The number of ether oxygens (including phenoxy) is 2. The molecule has 0 N–H and O–H groups in total. The third-order valence-electron chi connectivity index (χ3n) is 5.10. The maximum atomic E-state index is 13.0. The van der Waals surface area contributed by atoms with Gasteiger partial charge in [-0.25, -0.2) is 4.79 Å². The molecule has 0 fully saturated rings. The number of hydrogen-bond donors (Lipinski definition) is 0. The first kappa shape index (κ1) is 20.6. The van der Waals surface area contributed by atoms with Gasteiger partial charge in [0.15, 0.2) is 12.7 Å². The first-order chi connectivity index (χ1) is 14.9. The van der Waals surface area contributed by atoms with Gasteiger partial charge in [-0.2, -0.15) is 4.98 Å². The second-order valence-electron chi connectivity index (χ2n) is 7.48. The van der Waals surface area contributed by atoms with Crippen LogP contribution in [0.2, 0.25) is 0 Å². The second kappa shape index (κ2) is 8.59. The second-order valence-corrected chi connectivity index (χ2v) is 7.48. The van der Waals surface area contributed by atoms with Crippen molar-refractivity contribution >= 4 is 17.6 Å². The molecule has 0 aliphatic carbocycles. The molecule has 4 rings (SSSR count). The molecular formula is C23H23N3O5. The summed E-state index contributed by atoms with van der Waals surface area (Å²) in [6.45, 7) is 5.44. The molecule has 1 amide bonds. The average molecular weight is 421 g/mol. The Morgan fingerprint density at radius 3 is 2.65 bits per heavy atom. The molecule has 31 heavy (non-hydrogen) atoms. The fourth-order valence-corrected chi connectivity index (χ4v) is 3.61. The van der Waals surface area contributed by atoms with Crippen LogP contribution >= 0.6 is 0 Å². The molecule has 2 heterocycles. The third-order valence-corrected chi connectivity index (χ3v) is 5.10. The molecule has 0 spiro atoms. The number of aryl methyl sites for hydroxylation is 1. The van der Waals surface area contributed by atoms with E-state index >= 15 is 0 Å². The number of nitrogens with zero attached hydrogens (tertiary/aromatic N) is 3. The van der Waals surface area contributed by atoms with Crippen molar-refractivity contribution in [2.24, 2.45) is 0 Å². The van der Waals surface area contributed by atoms with Gasteiger partial charge in [0.05, 0.1) is 5.56 Å². The lowest BCUT2D eigenvalue weighted by atomic mass is 10.1. The Kier molecular flexibility index (Phi) is 5.70. The zero-order valence-corrected chi connectivity index (χ0v) is 17.6. The number of aromatic nitrogens is 2.